The van der Waals surface area contributed by atoms with Crippen molar-refractivity contribution in [3.05, 3.63) is 0 Å². The normalized spacial score (nSPS) is 13.9. The number of nitrogens with zero attached hydrogens (tertiary/aromatic N) is 1. The summed E-state index contributed by atoms with van der Waals surface area (Å²) in [6, 6.07) is -0.515. The molecule has 0 heterocycles. The van der Waals surface area contributed by atoms with Crippen molar-refractivity contribution in [3.63, 3.8) is 0 Å². The zero-order valence-electron chi connectivity index (χ0n) is 11.4. The number of aliphatic carboxylic acids is 1. The van der Waals surface area contributed by atoms with Gasteiger partial charge in [0.1, 0.15) is 6.04 Å². The number of hydrogen-bond acceptors (Lipinski definition) is 3. The van der Waals surface area contributed by atoms with E-state index in [1.54, 1.807) is 0 Å². The third kappa shape index (κ3) is 7.11. The van der Waals surface area contributed by atoms with Crippen molar-refractivity contribution in [3.8, 4) is 0 Å². The largest absolute Gasteiger partial charge is 0.480 e. The molecule has 0 radical (unpaired) electrons. The van der Waals surface area contributed by atoms with Gasteiger partial charge in [0, 0.05) is 6.54 Å². The van der Waals surface area contributed by atoms with Crippen LogP contribution in [0.2, 0.25) is 0 Å². The van der Waals surface area contributed by atoms with Crippen LogP contribution in [0, 0.1) is 5.92 Å². The van der Waals surface area contributed by atoms with E-state index in [1.807, 2.05) is 13.8 Å². The van der Waals surface area contributed by atoms with E-state index in [9.17, 15) is 9.90 Å². The molecule has 0 bridgehead atoms. The smallest absolute Gasteiger partial charge is 0.320 e. The quantitative estimate of drug-likeness (QED) is 0.337. The summed E-state index contributed by atoms with van der Waals surface area (Å²) >= 11 is 0. The summed E-state index contributed by atoms with van der Waals surface area (Å²) in [6.45, 7) is 5.25. The van der Waals surface area contributed by atoms with Gasteiger partial charge in [0.25, 0.3) is 0 Å². The van der Waals surface area contributed by atoms with Crippen molar-refractivity contribution in [1.29, 1.82) is 0 Å². The molecule has 0 aliphatic heterocycles. The maximum absolute atomic E-state index is 11.3. The van der Waals surface area contributed by atoms with Gasteiger partial charge in [0.15, 0.2) is 5.96 Å². The fourth-order valence-corrected chi connectivity index (χ4v) is 1.96. The Bertz CT molecular complexity index is 265. The van der Waals surface area contributed by atoms with Crippen LogP contribution < -0.4 is 16.8 Å². The molecule has 2 atom stereocenters. The van der Waals surface area contributed by atoms with Crippen molar-refractivity contribution in [2.24, 2.45) is 22.4 Å². The molecule has 6 heteroatoms. The van der Waals surface area contributed by atoms with E-state index in [2.05, 4.69) is 10.3 Å². The van der Waals surface area contributed by atoms with Crippen molar-refractivity contribution in [2.45, 2.75) is 45.6 Å². The number of carboxylic acid groups (broad SMARTS) is 1. The number of nitrogens with one attached hydrogen (secondary N) is 1. The fraction of sp³-hybridized carbons (Fsp3) is 0.833. The van der Waals surface area contributed by atoms with Gasteiger partial charge in [0.2, 0.25) is 0 Å². The Labute approximate surface area is 109 Å². The Kier molecular flexibility index (Phi) is 9.00. The van der Waals surface area contributed by atoms with Gasteiger partial charge in [-0.2, -0.15) is 0 Å². The van der Waals surface area contributed by atoms with Crippen LogP contribution in [0.15, 0.2) is 4.99 Å². The van der Waals surface area contributed by atoms with Crippen LogP contribution in [0.3, 0.4) is 0 Å². The zero-order valence-corrected chi connectivity index (χ0v) is 11.4. The van der Waals surface area contributed by atoms with Crippen LogP contribution >= 0.6 is 0 Å². The highest BCUT2D eigenvalue weighted by Gasteiger charge is 2.26. The molecule has 1 unspecified atom stereocenters. The lowest BCUT2D eigenvalue weighted by Crippen LogP contribution is -2.43. The lowest BCUT2D eigenvalue weighted by atomic mass is 9.91. The predicted octanol–water partition coefficient (Wildman–Crippen LogP) is 0.519. The highest BCUT2D eigenvalue weighted by atomic mass is 16.4. The standard InChI is InChI=1S/C12H26N4O2/c1-3-5-9(6-8-16-12(13)14)10(11(17)18)15-7-4-2/h9-10,15H,3-8H2,1-2H3,(H,17,18)(H4,13,14,16)/t9?,10-/m0/s1. The summed E-state index contributed by atoms with van der Waals surface area (Å²) in [5.41, 5.74) is 10.5. The fourth-order valence-electron chi connectivity index (χ4n) is 1.96. The summed E-state index contributed by atoms with van der Waals surface area (Å²) in [5.74, 6) is -0.688. The van der Waals surface area contributed by atoms with Gasteiger partial charge in [-0.1, -0.05) is 20.3 Å². The molecule has 0 aromatic rings. The lowest BCUT2D eigenvalue weighted by molar-refractivity contribution is -0.141. The van der Waals surface area contributed by atoms with Crippen molar-refractivity contribution >= 4 is 11.9 Å². The van der Waals surface area contributed by atoms with Crippen molar-refractivity contribution in [2.75, 3.05) is 13.1 Å². The molecule has 0 aliphatic carbocycles. The molecule has 18 heavy (non-hydrogen) atoms. The molecule has 0 amide bonds. The van der Waals surface area contributed by atoms with E-state index in [-0.39, 0.29) is 11.9 Å². The van der Waals surface area contributed by atoms with Gasteiger partial charge in [-0.15, -0.1) is 0 Å². The monoisotopic (exact) mass is 258 g/mol. The minimum absolute atomic E-state index is 0.0543. The molecule has 0 fully saturated rings. The summed E-state index contributed by atoms with van der Waals surface area (Å²) < 4.78 is 0. The van der Waals surface area contributed by atoms with Crippen molar-refractivity contribution in [1.82, 2.24) is 5.32 Å². The van der Waals surface area contributed by atoms with Gasteiger partial charge in [-0.05, 0) is 31.7 Å². The van der Waals surface area contributed by atoms with E-state index in [4.69, 9.17) is 11.5 Å². The predicted molar refractivity (Wildman–Crippen MR) is 73.4 cm³/mol. The Hall–Kier alpha value is -1.30. The van der Waals surface area contributed by atoms with E-state index in [0.717, 1.165) is 19.3 Å². The van der Waals surface area contributed by atoms with Gasteiger partial charge < -0.3 is 21.9 Å². The van der Waals surface area contributed by atoms with Crippen LogP contribution in [0.5, 0.6) is 0 Å². The molecule has 6 nitrogen and oxygen atoms in total. The summed E-state index contributed by atoms with van der Waals surface area (Å²) in [6.07, 6.45) is 3.40. The first-order valence-corrected chi connectivity index (χ1v) is 6.54. The van der Waals surface area contributed by atoms with Crippen LogP contribution in [0.4, 0.5) is 0 Å². The van der Waals surface area contributed by atoms with Gasteiger partial charge >= 0.3 is 5.97 Å². The lowest BCUT2D eigenvalue weighted by Gasteiger charge is -2.24. The molecule has 0 spiro atoms. The average Bonchev–Trinajstić information content (AvgIpc) is 2.28. The third-order valence-corrected chi connectivity index (χ3v) is 2.81. The highest BCUT2D eigenvalue weighted by Crippen LogP contribution is 2.17. The molecule has 0 aromatic heterocycles. The minimum atomic E-state index is -0.799. The average molecular weight is 258 g/mol. The van der Waals surface area contributed by atoms with Crippen LogP contribution in [-0.4, -0.2) is 36.2 Å². The molecule has 0 saturated heterocycles. The molecule has 0 aromatic carbocycles. The molecule has 106 valence electrons. The number of hydrogen-bond donors (Lipinski definition) is 4. The van der Waals surface area contributed by atoms with E-state index < -0.39 is 12.0 Å². The van der Waals surface area contributed by atoms with E-state index >= 15 is 0 Å². The topological polar surface area (TPSA) is 114 Å². The molecule has 6 N–H and O–H groups in total. The number of nitrogens with two attached hydrogens (primary N) is 2. The number of rotatable bonds is 10. The third-order valence-electron chi connectivity index (χ3n) is 2.81. The highest BCUT2D eigenvalue weighted by molar-refractivity contribution is 5.75. The van der Waals surface area contributed by atoms with Crippen molar-refractivity contribution < 1.29 is 9.90 Å². The number of aliphatic imine (C=N–C) groups is 1. The second-order valence-corrected chi connectivity index (χ2v) is 4.41. The number of carboxylic acids is 1. The maximum atomic E-state index is 11.3. The maximum Gasteiger partial charge on any atom is 0.320 e. The number of carbonyl (C=O) groups is 1. The Balaban J connectivity index is 4.48. The Morgan fingerprint density at radius 2 is 1.94 bits per heavy atom. The van der Waals surface area contributed by atoms with Crippen LogP contribution in [-0.2, 0) is 4.79 Å². The molecule has 0 saturated carbocycles. The minimum Gasteiger partial charge on any atom is -0.480 e. The Morgan fingerprint density at radius 3 is 2.39 bits per heavy atom. The van der Waals surface area contributed by atoms with Gasteiger partial charge in [-0.25, -0.2) is 0 Å². The molecule has 0 rings (SSSR count). The van der Waals surface area contributed by atoms with Gasteiger partial charge in [0.05, 0.1) is 0 Å². The van der Waals surface area contributed by atoms with Crippen LogP contribution in [0.25, 0.3) is 0 Å². The first-order valence-electron chi connectivity index (χ1n) is 6.54. The molecular weight excluding hydrogens is 232 g/mol. The summed E-state index contributed by atoms with van der Waals surface area (Å²) in [7, 11) is 0. The Morgan fingerprint density at radius 1 is 1.28 bits per heavy atom. The second kappa shape index (κ2) is 9.70. The molecular formula is C12H26N4O2. The van der Waals surface area contributed by atoms with Gasteiger partial charge in [-0.3, -0.25) is 9.79 Å². The van der Waals surface area contributed by atoms with E-state index in [0.29, 0.717) is 19.5 Å². The molecule has 0 aliphatic rings. The summed E-state index contributed by atoms with van der Waals surface area (Å²) in [4.78, 5) is 15.2. The number of guanidine groups is 1. The first-order chi connectivity index (χ1) is 8.52. The zero-order chi connectivity index (χ0) is 14.0. The second-order valence-electron chi connectivity index (χ2n) is 4.41. The summed E-state index contributed by atoms with van der Waals surface area (Å²) in [5, 5.41) is 12.3. The van der Waals surface area contributed by atoms with E-state index in [1.165, 1.54) is 0 Å². The first kappa shape index (κ1) is 16.7. The SMILES string of the molecule is CCCN[C@H](C(=O)O)C(CCC)CCN=C(N)N. The van der Waals surface area contributed by atoms with Crippen LogP contribution in [0.1, 0.15) is 39.5 Å².